The maximum Gasteiger partial charge on any atom is 0.319 e. The fourth-order valence-corrected chi connectivity index (χ4v) is 5.29. The molecule has 0 saturated carbocycles. The molecular weight excluding hydrogens is 510 g/mol. The predicted molar refractivity (Wildman–Crippen MR) is 147 cm³/mol. The number of anilines is 1. The lowest BCUT2D eigenvalue weighted by molar-refractivity contribution is -0.136. The first kappa shape index (κ1) is 25.3. The van der Waals surface area contributed by atoms with E-state index in [0.29, 0.717) is 23.2 Å². The molecule has 40 heavy (non-hydrogen) atoms. The number of carbonyl (C=O) groups is 4. The SMILES string of the molecule is CC(C)(NC(=O)Nc1ccc2c(c1)CN(C1CCC(=O)NC1=O)C2=O)c1ccc(-c2ccc3ocnc3c2)cc1. The second-order valence-electron chi connectivity index (χ2n) is 10.6. The lowest BCUT2D eigenvalue weighted by Crippen LogP contribution is -2.52. The molecule has 1 unspecified atom stereocenters. The molecule has 3 N–H and O–H groups in total. The van der Waals surface area contributed by atoms with Crippen molar-refractivity contribution in [3.05, 3.63) is 83.7 Å². The summed E-state index contributed by atoms with van der Waals surface area (Å²) in [6.07, 6.45) is 1.92. The molecule has 3 heterocycles. The van der Waals surface area contributed by atoms with Gasteiger partial charge in [0.15, 0.2) is 12.0 Å². The summed E-state index contributed by atoms with van der Waals surface area (Å²) >= 11 is 0. The maximum absolute atomic E-state index is 12.9. The number of nitrogens with one attached hydrogen (secondary N) is 3. The highest BCUT2D eigenvalue weighted by Gasteiger charge is 2.39. The number of amides is 5. The van der Waals surface area contributed by atoms with E-state index in [1.807, 2.05) is 56.3 Å². The van der Waals surface area contributed by atoms with Gasteiger partial charge in [0.05, 0.1) is 5.54 Å². The average molecular weight is 538 g/mol. The minimum Gasteiger partial charge on any atom is -0.443 e. The average Bonchev–Trinajstić information content (AvgIpc) is 3.52. The van der Waals surface area contributed by atoms with Crippen molar-refractivity contribution in [3.63, 3.8) is 0 Å². The molecule has 6 rings (SSSR count). The van der Waals surface area contributed by atoms with Crippen LogP contribution in [0.15, 0.2) is 71.5 Å². The van der Waals surface area contributed by atoms with E-state index in [-0.39, 0.29) is 24.8 Å². The minimum atomic E-state index is -0.685. The second-order valence-corrected chi connectivity index (χ2v) is 10.6. The Hall–Kier alpha value is -4.99. The molecule has 10 nitrogen and oxygen atoms in total. The summed E-state index contributed by atoms with van der Waals surface area (Å²) in [6, 6.07) is 17.8. The third kappa shape index (κ3) is 4.68. The smallest absolute Gasteiger partial charge is 0.319 e. The van der Waals surface area contributed by atoms with Gasteiger partial charge in [0.25, 0.3) is 5.91 Å². The van der Waals surface area contributed by atoms with Crippen LogP contribution >= 0.6 is 0 Å². The van der Waals surface area contributed by atoms with Gasteiger partial charge in [0.1, 0.15) is 11.6 Å². The Labute approximate surface area is 229 Å². The zero-order chi connectivity index (χ0) is 28.0. The Morgan fingerprint density at radius 1 is 1.02 bits per heavy atom. The van der Waals surface area contributed by atoms with Crippen molar-refractivity contribution in [1.29, 1.82) is 0 Å². The lowest BCUT2D eigenvalue weighted by atomic mass is 9.92. The molecule has 3 aromatic carbocycles. The zero-order valence-electron chi connectivity index (χ0n) is 22.0. The van der Waals surface area contributed by atoms with Gasteiger partial charge in [-0.1, -0.05) is 30.3 Å². The van der Waals surface area contributed by atoms with E-state index < -0.39 is 23.5 Å². The van der Waals surface area contributed by atoms with Crippen LogP contribution in [0.5, 0.6) is 0 Å². The highest BCUT2D eigenvalue weighted by Crippen LogP contribution is 2.30. The number of imide groups is 1. The third-order valence-electron chi connectivity index (χ3n) is 7.48. The highest BCUT2D eigenvalue weighted by atomic mass is 16.3. The summed E-state index contributed by atoms with van der Waals surface area (Å²) in [4.78, 5) is 55.3. The molecule has 0 radical (unpaired) electrons. The van der Waals surface area contributed by atoms with Gasteiger partial charge in [0, 0.05) is 24.2 Å². The summed E-state index contributed by atoms with van der Waals surface area (Å²) in [5, 5.41) is 8.17. The third-order valence-corrected chi connectivity index (χ3v) is 7.48. The molecule has 202 valence electrons. The van der Waals surface area contributed by atoms with Crippen molar-refractivity contribution in [3.8, 4) is 11.1 Å². The van der Waals surface area contributed by atoms with Crippen LogP contribution in [-0.2, 0) is 21.7 Å². The monoisotopic (exact) mass is 537 g/mol. The number of carbonyl (C=O) groups excluding carboxylic acids is 4. The number of hydrogen-bond acceptors (Lipinski definition) is 6. The van der Waals surface area contributed by atoms with Crippen LogP contribution in [0.1, 0.15) is 48.2 Å². The number of benzene rings is 3. The molecule has 1 atom stereocenters. The van der Waals surface area contributed by atoms with E-state index in [2.05, 4.69) is 20.9 Å². The van der Waals surface area contributed by atoms with Gasteiger partial charge in [-0.2, -0.15) is 0 Å². The zero-order valence-corrected chi connectivity index (χ0v) is 22.0. The first-order valence-electron chi connectivity index (χ1n) is 13.0. The van der Waals surface area contributed by atoms with Gasteiger partial charge >= 0.3 is 6.03 Å². The fourth-order valence-electron chi connectivity index (χ4n) is 5.29. The van der Waals surface area contributed by atoms with E-state index in [4.69, 9.17) is 4.42 Å². The van der Waals surface area contributed by atoms with Crippen LogP contribution in [0.3, 0.4) is 0 Å². The van der Waals surface area contributed by atoms with Gasteiger partial charge in [-0.25, -0.2) is 9.78 Å². The highest BCUT2D eigenvalue weighted by molar-refractivity contribution is 6.05. The lowest BCUT2D eigenvalue weighted by Gasteiger charge is -2.29. The Morgan fingerprint density at radius 2 is 1.80 bits per heavy atom. The van der Waals surface area contributed by atoms with Gasteiger partial charge in [-0.3, -0.25) is 19.7 Å². The molecule has 0 aliphatic carbocycles. The van der Waals surface area contributed by atoms with Gasteiger partial charge in [-0.05, 0) is 72.9 Å². The molecule has 5 amide bonds. The van der Waals surface area contributed by atoms with E-state index in [0.717, 1.165) is 27.8 Å². The van der Waals surface area contributed by atoms with E-state index >= 15 is 0 Å². The number of oxazole rings is 1. The Morgan fingerprint density at radius 3 is 2.58 bits per heavy atom. The van der Waals surface area contributed by atoms with Crippen LogP contribution in [0, 0.1) is 0 Å². The topological polar surface area (TPSA) is 134 Å². The molecule has 1 saturated heterocycles. The number of rotatable bonds is 5. The van der Waals surface area contributed by atoms with Gasteiger partial charge in [-0.15, -0.1) is 0 Å². The number of fused-ring (bicyclic) bond motifs is 2. The van der Waals surface area contributed by atoms with Crippen LogP contribution in [0.4, 0.5) is 10.5 Å². The fraction of sp³-hybridized carbons (Fsp3) is 0.233. The van der Waals surface area contributed by atoms with Gasteiger partial charge < -0.3 is 20.0 Å². The molecule has 1 aromatic heterocycles. The van der Waals surface area contributed by atoms with E-state index in [1.165, 1.54) is 11.3 Å². The quantitative estimate of drug-likeness (QED) is 0.325. The molecule has 2 aliphatic heterocycles. The van der Waals surface area contributed by atoms with E-state index in [1.54, 1.807) is 18.2 Å². The number of hydrogen-bond donors (Lipinski definition) is 3. The van der Waals surface area contributed by atoms with Crippen molar-refractivity contribution < 1.29 is 23.6 Å². The summed E-state index contributed by atoms with van der Waals surface area (Å²) in [5.41, 5.74) is 5.55. The normalized spacial score (nSPS) is 17.1. The number of urea groups is 1. The maximum atomic E-state index is 12.9. The van der Waals surface area contributed by atoms with E-state index in [9.17, 15) is 19.2 Å². The Kier molecular flexibility index (Phi) is 6.10. The Bertz CT molecular complexity index is 1670. The molecule has 0 spiro atoms. The molecule has 1 fully saturated rings. The molecule has 10 heteroatoms. The van der Waals surface area contributed by atoms with Crippen molar-refractivity contribution in [2.24, 2.45) is 0 Å². The standard InChI is InChI=1S/C30H27N5O5/c1-30(2,20-6-3-17(4-7-20)18-5-11-25-23(14-18)31-16-40-25)34-29(39)32-21-8-9-22-19(13-21)15-35(28(22)38)24-10-12-26(36)33-27(24)37/h3-9,11,13-14,16,24H,10,12,15H2,1-2H3,(H2,32,34,39)(H,33,36,37). The molecular formula is C30H27N5O5. The summed E-state index contributed by atoms with van der Waals surface area (Å²) in [7, 11) is 0. The summed E-state index contributed by atoms with van der Waals surface area (Å²) < 4.78 is 5.32. The first-order valence-corrected chi connectivity index (χ1v) is 13.0. The summed E-state index contributed by atoms with van der Waals surface area (Å²) in [6.45, 7) is 4.07. The Balaban J connectivity index is 1.11. The minimum absolute atomic E-state index is 0.195. The molecule has 2 aliphatic rings. The largest absolute Gasteiger partial charge is 0.443 e. The predicted octanol–water partition coefficient (Wildman–Crippen LogP) is 4.31. The second kappa shape index (κ2) is 9.64. The van der Waals surface area contributed by atoms with Crippen molar-refractivity contribution in [2.75, 3.05) is 5.32 Å². The van der Waals surface area contributed by atoms with Crippen molar-refractivity contribution >= 4 is 40.5 Å². The van der Waals surface area contributed by atoms with Gasteiger partial charge in [0.2, 0.25) is 11.8 Å². The summed E-state index contributed by atoms with van der Waals surface area (Å²) in [5.74, 6) is -1.04. The van der Waals surface area contributed by atoms with Crippen molar-refractivity contribution in [1.82, 2.24) is 20.5 Å². The van der Waals surface area contributed by atoms with Crippen LogP contribution in [0.2, 0.25) is 0 Å². The van der Waals surface area contributed by atoms with Crippen LogP contribution in [0.25, 0.3) is 22.2 Å². The number of nitrogens with zero attached hydrogens (tertiary/aromatic N) is 2. The number of piperidine rings is 1. The van der Waals surface area contributed by atoms with Crippen LogP contribution in [-0.4, -0.2) is 39.7 Å². The van der Waals surface area contributed by atoms with Crippen LogP contribution < -0.4 is 16.0 Å². The number of aromatic nitrogens is 1. The van der Waals surface area contributed by atoms with Crippen molar-refractivity contribution in [2.45, 2.75) is 44.8 Å². The molecule has 0 bridgehead atoms. The molecule has 4 aromatic rings. The first-order chi connectivity index (χ1) is 19.2.